The highest BCUT2D eigenvalue weighted by Crippen LogP contribution is 2.21. The van der Waals surface area contributed by atoms with Gasteiger partial charge in [-0.3, -0.25) is 4.98 Å². The second kappa shape index (κ2) is 4.81. The van der Waals surface area contributed by atoms with Crippen LogP contribution in [0.25, 0.3) is 0 Å². The van der Waals surface area contributed by atoms with Crippen LogP contribution in [0.1, 0.15) is 17.8 Å². The molecule has 1 aromatic heterocycles. The third-order valence-corrected chi connectivity index (χ3v) is 3.68. The fourth-order valence-corrected chi connectivity index (χ4v) is 2.97. The number of aryl methyl sites for hydroxylation is 2. The van der Waals surface area contributed by atoms with Crippen molar-refractivity contribution in [2.24, 2.45) is 0 Å². The lowest BCUT2D eigenvalue weighted by Crippen LogP contribution is -2.36. The Kier molecular flexibility index (Phi) is 3.54. The molecule has 0 spiro atoms. The topological polar surface area (TPSA) is 75.2 Å². The third-order valence-electron chi connectivity index (χ3n) is 2.92. The van der Waals surface area contributed by atoms with Gasteiger partial charge in [0.25, 0.3) is 0 Å². The molecular formula is C11H18N4O2S. The lowest BCUT2D eigenvalue weighted by molar-refractivity contribution is 0.567. The number of hydrogen-bond donors (Lipinski definition) is 1. The second-order valence-electron chi connectivity index (χ2n) is 4.74. The second-order valence-corrected chi connectivity index (χ2v) is 6.52. The van der Waals surface area contributed by atoms with E-state index in [1.807, 2.05) is 13.8 Å². The van der Waals surface area contributed by atoms with Gasteiger partial charge in [-0.15, -0.1) is 0 Å². The molecule has 1 fully saturated rings. The average molecular weight is 270 g/mol. The molecule has 0 aliphatic carbocycles. The summed E-state index contributed by atoms with van der Waals surface area (Å²) in [5.41, 5.74) is 1.75. The van der Waals surface area contributed by atoms with E-state index in [2.05, 4.69) is 19.6 Å². The average Bonchev–Trinajstić information content (AvgIpc) is 2.67. The number of anilines is 1. The molecule has 7 heteroatoms. The number of nitrogens with zero attached hydrogens (tertiary/aromatic N) is 3. The van der Waals surface area contributed by atoms with Crippen LogP contribution in [0.2, 0.25) is 0 Å². The van der Waals surface area contributed by atoms with Gasteiger partial charge in [0, 0.05) is 25.3 Å². The first-order valence-electron chi connectivity index (χ1n) is 5.87. The van der Waals surface area contributed by atoms with Crippen LogP contribution in [0.3, 0.4) is 0 Å². The summed E-state index contributed by atoms with van der Waals surface area (Å²) in [6, 6.07) is -0.0401. The van der Waals surface area contributed by atoms with Crippen molar-refractivity contribution in [2.45, 2.75) is 26.3 Å². The minimum atomic E-state index is -3.14. The van der Waals surface area contributed by atoms with Gasteiger partial charge in [0.05, 0.1) is 17.6 Å². The highest BCUT2D eigenvalue weighted by Gasteiger charge is 2.26. The zero-order valence-corrected chi connectivity index (χ0v) is 11.7. The molecule has 0 aromatic carbocycles. The molecule has 2 heterocycles. The van der Waals surface area contributed by atoms with Crippen LogP contribution in [-0.4, -0.2) is 43.8 Å². The highest BCUT2D eigenvalue weighted by molar-refractivity contribution is 7.88. The molecule has 0 amide bonds. The van der Waals surface area contributed by atoms with E-state index in [-0.39, 0.29) is 6.04 Å². The minimum Gasteiger partial charge on any atom is -0.353 e. The Morgan fingerprint density at radius 2 is 2.17 bits per heavy atom. The van der Waals surface area contributed by atoms with E-state index < -0.39 is 10.0 Å². The van der Waals surface area contributed by atoms with E-state index in [9.17, 15) is 8.42 Å². The van der Waals surface area contributed by atoms with Gasteiger partial charge in [0.1, 0.15) is 5.82 Å². The van der Waals surface area contributed by atoms with Crippen LogP contribution in [0, 0.1) is 13.8 Å². The molecule has 1 aliphatic rings. The first-order valence-corrected chi connectivity index (χ1v) is 7.77. The quantitative estimate of drug-likeness (QED) is 0.850. The molecule has 2 rings (SSSR count). The maximum atomic E-state index is 11.2. The standard InChI is InChI=1S/C11H18N4O2S/c1-8-6-12-9(2)11(13-8)15-5-4-10(7-15)14-18(3,16)17/h6,10,14H,4-5,7H2,1-3H3. The molecule has 1 aliphatic heterocycles. The molecule has 6 nitrogen and oxygen atoms in total. The predicted molar refractivity (Wildman–Crippen MR) is 70.1 cm³/mol. The molecule has 0 bridgehead atoms. The highest BCUT2D eigenvalue weighted by atomic mass is 32.2. The first kappa shape index (κ1) is 13.2. The predicted octanol–water partition coefficient (Wildman–Crippen LogP) is 0.221. The first-order chi connectivity index (χ1) is 8.35. The van der Waals surface area contributed by atoms with E-state index in [0.29, 0.717) is 6.54 Å². The van der Waals surface area contributed by atoms with Crippen LogP contribution < -0.4 is 9.62 Å². The van der Waals surface area contributed by atoms with Crippen LogP contribution in [0.5, 0.6) is 0 Å². The van der Waals surface area contributed by atoms with Crippen LogP contribution in [0.15, 0.2) is 6.20 Å². The van der Waals surface area contributed by atoms with Gasteiger partial charge in [0.2, 0.25) is 10.0 Å². The number of sulfonamides is 1. The third kappa shape index (κ3) is 3.17. The number of aromatic nitrogens is 2. The van der Waals surface area contributed by atoms with Gasteiger partial charge in [-0.25, -0.2) is 18.1 Å². The van der Waals surface area contributed by atoms with Crippen LogP contribution in [-0.2, 0) is 10.0 Å². The lowest BCUT2D eigenvalue weighted by atomic mass is 10.3. The molecule has 1 saturated heterocycles. The fourth-order valence-electron chi connectivity index (χ4n) is 2.18. The van der Waals surface area contributed by atoms with Crippen molar-refractivity contribution in [1.29, 1.82) is 0 Å². The van der Waals surface area contributed by atoms with Gasteiger partial charge in [-0.2, -0.15) is 0 Å². The summed E-state index contributed by atoms with van der Waals surface area (Å²) in [6.07, 6.45) is 3.72. The Hall–Kier alpha value is -1.21. The Labute approximate surface area is 107 Å². The number of hydrogen-bond acceptors (Lipinski definition) is 5. The Bertz CT molecular complexity index is 544. The molecule has 1 N–H and O–H groups in total. The van der Waals surface area contributed by atoms with Crippen LogP contribution in [0.4, 0.5) is 5.82 Å². The van der Waals surface area contributed by atoms with E-state index in [4.69, 9.17) is 0 Å². The van der Waals surface area contributed by atoms with Gasteiger partial charge in [-0.05, 0) is 20.3 Å². The van der Waals surface area contributed by atoms with E-state index >= 15 is 0 Å². The molecule has 1 aromatic rings. The summed E-state index contributed by atoms with van der Waals surface area (Å²) in [5.74, 6) is 0.854. The lowest BCUT2D eigenvalue weighted by Gasteiger charge is -2.19. The monoisotopic (exact) mass is 270 g/mol. The van der Waals surface area contributed by atoms with Crippen LogP contribution >= 0.6 is 0 Å². The van der Waals surface area contributed by atoms with Crippen molar-refractivity contribution >= 4 is 15.8 Å². The van der Waals surface area contributed by atoms with Crippen molar-refractivity contribution in [3.8, 4) is 0 Å². The van der Waals surface area contributed by atoms with Crippen molar-refractivity contribution < 1.29 is 8.42 Å². The van der Waals surface area contributed by atoms with Crippen molar-refractivity contribution in [1.82, 2.24) is 14.7 Å². The summed E-state index contributed by atoms with van der Waals surface area (Å²) < 4.78 is 25.0. The van der Waals surface area contributed by atoms with Crippen molar-refractivity contribution in [3.05, 3.63) is 17.6 Å². The summed E-state index contributed by atoms with van der Waals surface area (Å²) >= 11 is 0. The number of rotatable bonds is 3. The summed E-state index contributed by atoms with van der Waals surface area (Å²) in [5, 5.41) is 0. The zero-order chi connectivity index (χ0) is 13.3. The maximum Gasteiger partial charge on any atom is 0.209 e. The summed E-state index contributed by atoms with van der Waals surface area (Å²) in [4.78, 5) is 10.8. The van der Waals surface area contributed by atoms with E-state index in [1.54, 1.807) is 6.20 Å². The van der Waals surface area contributed by atoms with Crippen molar-refractivity contribution in [3.63, 3.8) is 0 Å². The van der Waals surface area contributed by atoms with E-state index in [0.717, 1.165) is 30.2 Å². The molecule has 100 valence electrons. The molecule has 1 atom stereocenters. The fraction of sp³-hybridized carbons (Fsp3) is 0.636. The van der Waals surface area contributed by atoms with Gasteiger partial charge in [-0.1, -0.05) is 0 Å². The SMILES string of the molecule is Cc1cnc(C)c(N2CCC(NS(C)(=O)=O)C2)n1. The smallest absolute Gasteiger partial charge is 0.209 e. The minimum absolute atomic E-state index is 0.0401. The molecule has 0 saturated carbocycles. The molecule has 0 radical (unpaired) electrons. The summed E-state index contributed by atoms with van der Waals surface area (Å²) in [6.45, 7) is 5.26. The molecular weight excluding hydrogens is 252 g/mol. The molecule has 18 heavy (non-hydrogen) atoms. The van der Waals surface area contributed by atoms with Gasteiger partial charge >= 0.3 is 0 Å². The van der Waals surface area contributed by atoms with E-state index in [1.165, 1.54) is 6.26 Å². The normalized spacial score (nSPS) is 20.4. The zero-order valence-electron chi connectivity index (χ0n) is 10.8. The molecule has 1 unspecified atom stereocenters. The Balaban J connectivity index is 2.11. The maximum absolute atomic E-state index is 11.2. The Morgan fingerprint density at radius 1 is 1.44 bits per heavy atom. The van der Waals surface area contributed by atoms with Crippen molar-refractivity contribution in [2.75, 3.05) is 24.2 Å². The van der Waals surface area contributed by atoms with Gasteiger partial charge in [0.15, 0.2) is 0 Å². The number of nitrogens with one attached hydrogen (secondary N) is 1. The van der Waals surface area contributed by atoms with Gasteiger partial charge < -0.3 is 4.90 Å². The Morgan fingerprint density at radius 3 is 2.83 bits per heavy atom. The largest absolute Gasteiger partial charge is 0.353 e. The summed E-state index contributed by atoms with van der Waals surface area (Å²) in [7, 11) is -3.14.